The van der Waals surface area contributed by atoms with E-state index < -0.39 is 5.54 Å². The molecule has 1 amide bonds. The van der Waals surface area contributed by atoms with E-state index in [1.807, 2.05) is 31.2 Å². The molecule has 0 unspecified atom stereocenters. The monoisotopic (exact) mass is 299 g/mol. The average molecular weight is 299 g/mol. The van der Waals surface area contributed by atoms with Crippen molar-refractivity contribution in [1.82, 2.24) is 15.5 Å². The van der Waals surface area contributed by atoms with Crippen LogP contribution in [0.15, 0.2) is 28.8 Å². The van der Waals surface area contributed by atoms with Crippen LogP contribution >= 0.6 is 0 Å². The van der Waals surface area contributed by atoms with Gasteiger partial charge in [0.15, 0.2) is 5.82 Å². The highest BCUT2D eigenvalue weighted by Crippen LogP contribution is 2.37. The third kappa shape index (κ3) is 3.03. The van der Waals surface area contributed by atoms with Gasteiger partial charge in [-0.25, -0.2) is 0 Å². The molecular formula is C17H21N3O2. The van der Waals surface area contributed by atoms with Gasteiger partial charge in [-0.15, -0.1) is 0 Å². The Morgan fingerprint density at radius 3 is 2.50 bits per heavy atom. The fourth-order valence-corrected chi connectivity index (χ4v) is 3.08. The van der Waals surface area contributed by atoms with Crippen LogP contribution in [0.1, 0.15) is 48.5 Å². The third-order valence-corrected chi connectivity index (χ3v) is 4.28. The number of nitrogens with zero attached hydrogens (tertiary/aromatic N) is 2. The van der Waals surface area contributed by atoms with Gasteiger partial charge < -0.3 is 9.84 Å². The van der Waals surface area contributed by atoms with Crippen molar-refractivity contribution >= 4 is 5.91 Å². The van der Waals surface area contributed by atoms with Crippen LogP contribution in [-0.4, -0.2) is 16.0 Å². The molecule has 1 fully saturated rings. The normalized spacial score (nSPS) is 16.6. The highest BCUT2D eigenvalue weighted by atomic mass is 16.5. The summed E-state index contributed by atoms with van der Waals surface area (Å²) < 4.78 is 5.10. The first-order chi connectivity index (χ1) is 10.6. The van der Waals surface area contributed by atoms with Gasteiger partial charge in [-0.1, -0.05) is 47.8 Å². The fourth-order valence-electron chi connectivity index (χ4n) is 3.08. The van der Waals surface area contributed by atoms with E-state index in [1.165, 1.54) is 5.56 Å². The third-order valence-electron chi connectivity index (χ3n) is 4.28. The first-order valence-electron chi connectivity index (χ1n) is 7.75. The van der Waals surface area contributed by atoms with Gasteiger partial charge in [-0.2, -0.15) is 4.98 Å². The summed E-state index contributed by atoms with van der Waals surface area (Å²) in [7, 11) is 0. The summed E-state index contributed by atoms with van der Waals surface area (Å²) in [6, 6.07) is 8.04. The second kappa shape index (κ2) is 5.91. The molecule has 0 spiro atoms. The van der Waals surface area contributed by atoms with Crippen LogP contribution in [-0.2, 0) is 16.8 Å². The molecule has 1 aliphatic rings. The predicted octanol–water partition coefficient (Wildman–Crippen LogP) is 2.81. The number of aryl methyl sites for hydroxylation is 2. The van der Waals surface area contributed by atoms with Gasteiger partial charge in [-0.05, 0) is 25.3 Å². The zero-order chi connectivity index (χ0) is 15.6. The van der Waals surface area contributed by atoms with Crippen LogP contribution in [0.25, 0.3) is 0 Å². The summed E-state index contributed by atoms with van der Waals surface area (Å²) in [5.41, 5.74) is 1.75. The van der Waals surface area contributed by atoms with E-state index in [4.69, 9.17) is 4.52 Å². The lowest BCUT2D eigenvalue weighted by Gasteiger charge is -2.26. The van der Waals surface area contributed by atoms with Gasteiger partial charge in [0.2, 0.25) is 11.8 Å². The topological polar surface area (TPSA) is 68.0 Å². The maximum Gasteiger partial charge on any atom is 0.225 e. The quantitative estimate of drug-likeness (QED) is 0.942. The molecule has 0 bridgehead atoms. The molecule has 22 heavy (non-hydrogen) atoms. The summed E-state index contributed by atoms with van der Waals surface area (Å²) in [5, 5.41) is 7.20. The average Bonchev–Trinajstić information content (AvgIpc) is 3.11. The summed E-state index contributed by atoms with van der Waals surface area (Å²) in [6.45, 7) is 3.81. The Morgan fingerprint density at radius 1 is 1.23 bits per heavy atom. The molecule has 116 valence electrons. The number of rotatable bonds is 4. The minimum absolute atomic E-state index is 0.00760. The van der Waals surface area contributed by atoms with Crippen molar-refractivity contribution in [3.63, 3.8) is 0 Å². The van der Waals surface area contributed by atoms with Gasteiger partial charge in [0.25, 0.3) is 0 Å². The largest absolute Gasteiger partial charge is 0.343 e. The van der Waals surface area contributed by atoms with Crippen molar-refractivity contribution in [2.45, 2.75) is 51.5 Å². The molecule has 1 aromatic heterocycles. The van der Waals surface area contributed by atoms with Crippen molar-refractivity contribution in [3.8, 4) is 0 Å². The molecule has 0 atom stereocenters. The zero-order valence-corrected chi connectivity index (χ0v) is 13.1. The van der Waals surface area contributed by atoms with E-state index in [0.29, 0.717) is 18.1 Å². The van der Waals surface area contributed by atoms with Crippen LogP contribution in [0.2, 0.25) is 0 Å². The number of hydrogen-bond acceptors (Lipinski definition) is 4. The Kier molecular flexibility index (Phi) is 3.96. The molecule has 0 aliphatic heterocycles. The molecule has 0 saturated heterocycles. The van der Waals surface area contributed by atoms with Crippen LogP contribution in [0, 0.1) is 13.8 Å². The van der Waals surface area contributed by atoms with Crippen molar-refractivity contribution in [1.29, 1.82) is 0 Å². The predicted molar refractivity (Wildman–Crippen MR) is 82.2 cm³/mol. The van der Waals surface area contributed by atoms with Crippen molar-refractivity contribution < 1.29 is 9.32 Å². The number of carbonyl (C=O) groups excluding carboxylic acids is 1. The first kappa shape index (κ1) is 14.8. The SMILES string of the molecule is Cc1ccc(CC(=O)NC2(c3noc(C)n3)CCCC2)cc1. The first-order valence-corrected chi connectivity index (χ1v) is 7.75. The minimum Gasteiger partial charge on any atom is -0.343 e. The fraction of sp³-hybridized carbons (Fsp3) is 0.471. The van der Waals surface area contributed by atoms with Crippen molar-refractivity contribution in [2.24, 2.45) is 0 Å². The number of carbonyl (C=O) groups is 1. The smallest absolute Gasteiger partial charge is 0.225 e. The molecule has 1 aliphatic carbocycles. The van der Waals surface area contributed by atoms with E-state index in [9.17, 15) is 4.79 Å². The maximum atomic E-state index is 12.4. The van der Waals surface area contributed by atoms with Crippen LogP contribution in [0.5, 0.6) is 0 Å². The Labute approximate surface area is 130 Å². The molecule has 3 rings (SSSR count). The van der Waals surface area contributed by atoms with E-state index in [1.54, 1.807) is 6.92 Å². The van der Waals surface area contributed by atoms with Gasteiger partial charge in [-0.3, -0.25) is 4.79 Å². The van der Waals surface area contributed by atoms with Crippen molar-refractivity contribution in [3.05, 3.63) is 47.1 Å². The standard InChI is InChI=1S/C17H21N3O2/c1-12-5-7-14(8-6-12)11-15(21)19-17(9-3-4-10-17)16-18-13(2)22-20-16/h5-8H,3-4,9-11H2,1-2H3,(H,19,21). The number of amides is 1. The lowest BCUT2D eigenvalue weighted by atomic mass is 9.96. The number of nitrogens with one attached hydrogen (secondary N) is 1. The number of aromatic nitrogens is 2. The van der Waals surface area contributed by atoms with Crippen LogP contribution in [0.3, 0.4) is 0 Å². The van der Waals surface area contributed by atoms with Gasteiger partial charge in [0.05, 0.1) is 6.42 Å². The molecule has 0 radical (unpaired) electrons. The van der Waals surface area contributed by atoms with Crippen LogP contribution in [0.4, 0.5) is 0 Å². The molecule has 5 heteroatoms. The zero-order valence-electron chi connectivity index (χ0n) is 13.1. The summed E-state index contributed by atoms with van der Waals surface area (Å²) in [6.07, 6.45) is 4.24. The van der Waals surface area contributed by atoms with E-state index in [0.717, 1.165) is 31.2 Å². The molecule has 1 heterocycles. The lowest BCUT2D eigenvalue weighted by molar-refractivity contribution is -0.122. The van der Waals surface area contributed by atoms with E-state index in [2.05, 4.69) is 15.5 Å². The number of hydrogen-bond donors (Lipinski definition) is 1. The summed E-state index contributed by atoms with van der Waals surface area (Å²) >= 11 is 0. The minimum atomic E-state index is -0.459. The molecule has 1 N–H and O–H groups in total. The summed E-state index contributed by atoms with van der Waals surface area (Å²) in [4.78, 5) is 16.8. The molecule has 5 nitrogen and oxygen atoms in total. The highest BCUT2D eigenvalue weighted by Gasteiger charge is 2.41. The van der Waals surface area contributed by atoms with E-state index in [-0.39, 0.29) is 5.91 Å². The van der Waals surface area contributed by atoms with Crippen LogP contribution < -0.4 is 5.32 Å². The highest BCUT2D eigenvalue weighted by molar-refractivity contribution is 5.79. The van der Waals surface area contributed by atoms with Gasteiger partial charge in [0, 0.05) is 6.92 Å². The Bertz CT molecular complexity index is 655. The second-order valence-electron chi connectivity index (χ2n) is 6.14. The maximum absolute atomic E-state index is 12.4. The molecule has 1 saturated carbocycles. The Balaban J connectivity index is 1.74. The second-order valence-corrected chi connectivity index (χ2v) is 6.14. The van der Waals surface area contributed by atoms with Crippen molar-refractivity contribution in [2.75, 3.05) is 0 Å². The van der Waals surface area contributed by atoms with Gasteiger partial charge in [0.1, 0.15) is 5.54 Å². The molecular weight excluding hydrogens is 278 g/mol. The molecule has 2 aromatic rings. The Hall–Kier alpha value is -2.17. The Morgan fingerprint density at radius 2 is 1.91 bits per heavy atom. The number of benzene rings is 1. The summed E-state index contributed by atoms with van der Waals surface area (Å²) in [5.74, 6) is 1.15. The lowest BCUT2D eigenvalue weighted by Crippen LogP contribution is -2.45. The van der Waals surface area contributed by atoms with Gasteiger partial charge >= 0.3 is 0 Å². The van der Waals surface area contributed by atoms with E-state index >= 15 is 0 Å². The molecule has 1 aromatic carbocycles.